The van der Waals surface area contributed by atoms with Crippen LogP contribution in [0.5, 0.6) is 0 Å². The third-order valence-corrected chi connectivity index (χ3v) is 5.43. The van der Waals surface area contributed by atoms with Crippen molar-refractivity contribution in [1.29, 1.82) is 0 Å². The highest BCUT2D eigenvalue weighted by Gasteiger charge is 2.56. The van der Waals surface area contributed by atoms with E-state index in [1.54, 1.807) is 0 Å². The van der Waals surface area contributed by atoms with E-state index in [0.717, 1.165) is 19.1 Å². The average molecular weight is 477 g/mol. The number of rotatable bonds is 5. The lowest BCUT2D eigenvalue weighted by atomic mass is 10.1. The van der Waals surface area contributed by atoms with Gasteiger partial charge in [0.05, 0.1) is 22.2 Å². The number of anilines is 3. The smallest absolute Gasteiger partial charge is 0.257 e. The maximum absolute atomic E-state index is 14.5. The third-order valence-electron chi connectivity index (χ3n) is 4.26. The van der Waals surface area contributed by atoms with Crippen LogP contribution in [0.3, 0.4) is 0 Å². The maximum Gasteiger partial charge on any atom is 0.257 e. The summed E-state index contributed by atoms with van der Waals surface area (Å²) in [6, 6.07) is 6.02. The molecule has 0 bridgehead atoms. The van der Waals surface area contributed by atoms with Crippen molar-refractivity contribution in [2.75, 3.05) is 16.0 Å². The Kier molecular flexibility index (Phi) is 6.21. The second-order valence-corrected chi connectivity index (χ2v) is 8.57. The molecule has 158 valence electrons. The number of carbonyl (C=O) groups excluding carboxylic acids is 3. The van der Waals surface area contributed by atoms with E-state index < -0.39 is 45.3 Å². The van der Waals surface area contributed by atoms with Crippen LogP contribution >= 0.6 is 34.8 Å². The molecule has 1 fully saturated rings. The molecule has 0 heterocycles. The van der Waals surface area contributed by atoms with Gasteiger partial charge in [-0.15, -0.1) is 23.2 Å². The first-order valence-corrected chi connectivity index (χ1v) is 9.68. The topological polar surface area (TPSA) is 87.3 Å². The van der Waals surface area contributed by atoms with E-state index in [2.05, 4.69) is 10.6 Å². The molecule has 6 nitrogen and oxygen atoms in total. The molecule has 3 amide bonds. The maximum atomic E-state index is 14.5. The van der Waals surface area contributed by atoms with Gasteiger partial charge in [0.2, 0.25) is 11.8 Å². The number of amides is 3. The second kappa shape index (κ2) is 8.37. The molecule has 0 spiro atoms. The van der Waals surface area contributed by atoms with Crippen molar-refractivity contribution < 1.29 is 23.2 Å². The first-order valence-electron chi connectivity index (χ1n) is 8.55. The van der Waals surface area contributed by atoms with Crippen molar-refractivity contribution in [1.82, 2.24) is 0 Å². The number of halogens is 5. The Labute approximate surface area is 184 Å². The predicted molar refractivity (Wildman–Crippen MR) is 111 cm³/mol. The Morgan fingerprint density at radius 1 is 1.07 bits per heavy atom. The summed E-state index contributed by atoms with van der Waals surface area (Å²) in [6.07, 6.45) is 0.309. The second-order valence-electron chi connectivity index (χ2n) is 6.62. The summed E-state index contributed by atoms with van der Waals surface area (Å²) in [5.74, 6) is -4.65. The SMILES string of the molecule is CC(=O)Nc1c(F)ccc(NC(=O)c2cc(NC(=O)[C@H]3CC3(Cl)Cl)ccc2Cl)c1F. The molecule has 0 radical (unpaired) electrons. The zero-order valence-corrected chi connectivity index (χ0v) is 17.6. The molecule has 30 heavy (non-hydrogen) atoms. The van der Waals surface area contributed by atoms with Gasteiger partial charge in [0.25, 0.3) is 5.91 Å². The minimum atomic E-state index is -1.16. The molecule has 0 aromatic heterocycles. The summed E-state index contributed by atoms with van der Waals surface area (Å²) in [7, 11) is 0. The fourth-order valence-corrected chi connectivity index (χ4v) is 3.34. The average Bonchev–Trinajstić information content (AvgIpc) is 3.31. The normalized spacial score (nSPS) is 16.5. The molecule has 0 aliphatic heterocycles. The van der Waals surface area contributed by atoms with Gasteiger partial charge < -0.3 is 16.0 Å². The summed E-state index contributed by atoms with van der Waals surface area (Å²) in [5, 5.41) is 6.90. The molecule has 1 aliphatic carbocycles. The molecule has 3 N–H and O–H groups in total. The van der Waals surface area contributed by atoms with Crippen molar-refractivity contribution in [3.63, 3.8) is 0 Å². The van der Waals surface area contributed by atoms with Gasteiger partial charge in [-0.2, -0.15) is 0 Å². The van der Waals surface area contributed by atoms with Crippen molar-refractivity contribution >= 4 is 69.6 Å². The van der Waals surface area contributed by atoms with Gasteiger partial charge in [0, 0.05) is 12.6 Å². The zero-order chi connectivity index (χ0) is 22.2. The lowest BCUT2D eigenvalue weighted by molar-refractivity contribution is -0.117. The van der Waals surface area contributed by atoms with Crippen LogP contribution in [0.4, 0.5) is 25.8 Å². The van der Waals surface area contributed by atoms with Crippen molar-refractivity contribution in [3.8, 4) is 0 Å². The highest BCUT2D eigenvalue weighted by Crippen LogP contribution is 2.53. The van der Waals surface area contributed by atoms with E-state index in [1.807, 2.05) is 5.32 Å². The van der Waals surface area contributed by atoms with E-state index in [1.165, 1.54) is 18.2 Å². The van der Waals surface area contributed by atoms with Crippen LogP contribution in [0.15, 0.2) is 30.3 Å². The molecule has 0 unspecified atom stereocenters. The molecule has 1 aliphatic rings. The molecule has 1 atom stereocenters. The Hall–Kier alpha value is -2.42. The van der Waals surface area contributed by atoms with Crippen LogP contribution in [0.25, 0.3) is 0 Å². The molecule has 3 rings (SSSR count). The van der Waals surface area contributed by atoms with E-state index in [-0.39, 0.29) is 22.0 Å². The highest BCUT2D eigenvalue weighted by atomic mass is 35.5. The fourth-order valence-electron chi connectivity index (χ4n) is 2.63. The predicted octanol–water partition coefficient (Wildman–Crippen LogP) is 4.96. The van der Waals surface area contributed by atoms with Gasteiger partial charge >= 0.3 is 0 Å². The van der Waals surface area contributed by atoms with Crippen LogP contribution in [-0.2, 0) is 9.59 Å². The minimum Gasteiger partial charge on any atom is -0.326 e. The molecular weight excluding hydrogens is 463 g/mol. The van der Waals surface area contributed by atoms with Crippen molar-refractivity contribution in [2.45, 2.75) is 17.7 Å². The van der Waals surface area contributed by atoms with Gasteiger partial charge in [-0.25, -0.2) is 8.78 Å². The van der Waals surface area contributed by atoms with Gasteiger partial charge in [-0.3, -0.25) is 14.4 Å². The Balaban J connectivity index is 1.80. The van der Waals surface area contributed by atoms with Crippen LogP contribution in [0.1, 0.15) is 23.7 Å². The summed E-state index contributed by atoms with van der Waals surface area (Å²) in [5.41, 5.74) is -0.882. The number of hydrogen-bond acceptors (Lipinski definition) is 3. The quantitative estimate of drug-likeness (QED) is 0.533. The number of nitrogens with one attached hydrogen (secondary N) is 3. The molecule has 11 heteroatoms. The largest absolute Gasteiger partial charge is 0.326 e. The summed E-state index contributed by atoms with van der Waals surface area (Å²) in [6.45, 7) is 1.09. The van der Waals surface area contributed by atoms with Crippen LogP contribution in [0.2, 0.25) is 5.02 Å². The van der Waals surface area contributed by atoms with E-state index in [0.29, 0.717) is 6.42 Å². The van der Waals surface area contributed by atoms with E-state index in [4.69, 9.17) is 34.8 Å². The highest BCUT2D eigenvalue weighted by molar-refractivity contribution is 6.52. The van der Waals surface area contributed by atoms with Crippen LogP contribution in [0, 0.1) is 17.6 Å². The van der Waals surface area contributed by atoms with Gasteiger partial charge in [-0.1, -0.05) is 11.6 Å². The first-order chi connectivity index (χ1) is 14.0. The molecule has 2 aromatic carbocycles. The fraction of sp³-hybridized carbons (Fsp3) is 0.211. The van der Waals surface area contributed by atoms with Crippen molar-refractivity contribution in [3.05, 3.63) is 52.6 Å². The van der Waals surface area contributed by atoms with Gasteiger partial charge in [0.1, 0.15) is 15.8 Å². The Morgan fingerprint density at radius 3 is 2.33 bits per heavy atom. The number of alkyl halides is 2. The lowest BCUT2D eigenvalue weighted by Crippen LogP contribution is -2.18. The minimum absolute atomic E-state index is 0.0329. The van der Waals surface area contributed by atoms with Crippen LogP contribution < -0.4 is 16.0 Å². The van der Waals surface area contributed by atoms with Gasteiger partial charge in [0.15, 0.2) is 5.82 Å². The number of hydrogen-bond donors (Lipinski definition) is 3. The van der Waals surface area contributed by atoms with E-state index >= 15 is 0 Å². The summed E-state index contributed by atoms with van der Waals surface area (Å²) >= 11 is 17.8. The standard InChI is InChI=1S/C19H14Cl3F2N3O3/c1-8(28)25-16-13(23)4-5-14(15(16)24)27-17(29)10-6-9(2-3-12(10)20)26-18(30)11-7-19(11,21)22/h2-6,11H,7H2,1H3,(H,25,28)(H,26,30)(H,27,29)/t11-/m1/s1. The third kappa shape index (κ3) is 4.83. The Bertz CT molecular complexity index is 1060. The summed E-state index contributed by atoms with van der Waals surface area (Å²) in [4.78, 5) is 35.8. The zero-order valence-electron chi connectivity index (χ0n) is 15.3. The van der Waals surface area contributed by atoms with E-state index in [9.17, 15) is 23.2 Å². The van der Waals surface area contributed by atoms with Crippen LogP contribution in [-0.4, -0.2) is 22.1 Å². The summed E-state index contributed by atoms with van der Waals surface area (Å²) < 4.78 is 27.2. The molecular formula is C19H14Cl3F2N3O3. The lowest BCUT2D eigenvalue weighted by Gasteiger charge is -2.13. The first kappa shape index (κ1) is 22.3. The monoisotopic (exact) mass is 475 g/mol. The Morgan fingerprint density at radius 2 is 1.73 bits per heavy atom. The molecule has 2 aromatic rings. The number of carbonyl (C=O) groups is 3. The van der Waals surface area contributed by atoms with Crippen molar-refractivity contribution in [2.24, 2.45) is 5.92 Å². The van der Waals surface area contributed by atoms with Gasteiger partial charge in [-0.05, 0) is 36.8 Å². The molecule has 1 saturated carbocycles. The number of benzene rings is 2. The molecule has 0 saturated heterocycles.